The van der Waals surface area contributed by atoms with Crippen LogP contribution in [0, 0.1) is 0 Å². The Bertz CT molecular complexity index is 683. The molecule has 0 amide bonds. The first-order valence-corrected chi connectivity index (χ1v) is 9.14. The number of aliphatic hydroxyl groups is 1. The smallest absolute Gasteiger partial charge is 0.295 e. The zero-order valence-corrected chi connectivity index (χ0v) is 12.9. The second-order valence-corrected chi connectivity index (χ2v) is 7.60. The summed E-state index contributed by atoms with van der Waals surface area (Å²) in [6.45, 7) is 1.58. The number of hydrogen-bond acceptors (Lipinski definition) is 7. The molecule has 120 valence electrons. The van der Waals surface area contributed by atoms with E-state index in [9.17, 15) is 16.8 Å². The molecule has 0 aliphatic carbocycles. The van der Waals surface area contributed by atoms with Crippen LogP contribution in [0.4, 0.5) is 5.69 Å². The first-order valence-electron chi connectivity index (χ1n) is 6.05. The van der Waals surface area contributed by atoms with Crippen LogP contribution in [-0.2, 0) is 24.8 Å². The zero-order chi connectivity index (χ0) is 16.1. The summed E-state index contributed by atoms with van der Waals surface area (Å²) < 4.78 is 55.6. The van der Waals surface area contributed by atoms with E-state index in [4.69, 9.17) is 14.5 Å². The standard InChI is InChI=1S/C11H17NO7S2/c1-2-6-19-12-9-3-4-10(21(16,17)18)11(8-9)20(14,15)7-5-13/h3-4,8,12-13H,2,5-7H2,1H3,(H,16,17,18). The van der Waals surface area contributed by atoms with Gasteiger partial charge in [-0.1, -0.05) is 6.92 Å². The van der Waals surface area contributed by atoms with Gasteiger partial charge in [-0.05, 0) is 24.6 Å². The molecule has 0 atom stereocenters. The van der Waals surface area contributed by atoms with E-state index >= 15 is 0 Å². The van der Waals surface area contributed by atoms with Crippen molar-refractivity contribution in [1.82, 2.24) is 0 Å². The molecule has 0 bridgehead atoms. The van der Waals surface area contributed by atoms with Gasteiger partial charge in [0, 0.05) is 0 Å². The lowest BCUT2D eigenvalue weighted by Gasteiger charge is -2.11. The van der Waals surface area contributed by atoms with E-state index < -0.39 is 42.1 Å². The maximum absolute atomic E-state index is 12.0. The van der Waals surface area contributed by atoms with Gasteiger partial charge in [-0.3, -0.25) is 14.9 Å². The SMILES string of the molecule is CCCONc1ccc(S(=O)(=O)O)c(S(=O)(=O)CCO)c1. The van der Waals surface area contributed by atoms with Crippen molar-refractivity contribution in [1.29, 1.82) is 0 Å². The molecule has 21 heavy (non-hydrogen) atoms. The molecule has 0 aliphatic heterocycles. The molecule has 0 fully saturated rings. The Morgan fingerprint density at radius 3 is 2.38 bits per heavy atom. The summed E-state index contributed by atoms with van der Waals surface area (Å²) in [5, 5.41) is 8.77. The molecule has 0 saturated carbocycles. The van der Waals surface area contributed by atoms with Gasteiger partial charge in [0.25, 0.3) is 10.1 Å². The summed E-state index contributed by atoms with van der Waals surface area (Å²) in [6, 6.07) is 3.25. The number of anilines is 1. The molecule has 0 heterocycles. The van der Waals surface area contributed by atoms with E-state index in [-0.39, 0.29) is 5.69 Å². The Morgan fingerprint density at radius 1 is 1.19 bits per heavy atom. The third-order valence-electron chi connectivity index (χ3n) is 2.41. The largest absolute Gasteiger partial charge is 0.395 e. The molecule has 0 unspecified atom stereocenters. The van der Waals surface area contributed by atoms with Crippen LogP contribution in [0.2, 0.25) is 0 Å². The Labute approximate surface area is 123 Å². The number of sulfone groups is 1. The summed E-state index contributed by atoms with van der Waals surface area (Å²) in [7, 11) is -8.77. The van der Waals surface area contributed by atoms with Gasteiger partial charge in [-0.25, -0.2) is 8.42 Å². The molecule has 10 heteroatoms. The Balaban J connectivity index is 3.30. The number of hydrogen-bond donors (Lipinski definition) is 3. The monoisotopic (exact) mass is 339 g/mol. The van der Waals surface area contributed by atoms with Gasteiger partial charge in [0.2, 0.25) is 0 Å². The predicted molar refractivity (Wildman–Crippen MR) is 75.3 cm³/mol. The first kappa shape index (κ1) is 17.9. The first-order chi connectivity index (χ1) is 9.72. The van der Waals surface area contributed by atoms with Gasteiger partial charge in [0.15, 0.2) is 9.84 Å². The fraction of sp³-hybridized carbons (Fsp3) is 0.455. The Hall–Kier alpha value is -1.20. The molecule has 0 saturated heterocycles. The van der Waals surface area contributed by atoms with E-state index in [0.29, 0.717) is 6.61 Å². The van der Waals surface area contributed by atoms with E-state index in [0.717, 1.165) is 18.6 Å². The number of benzene rings is 1. The van der Waals surface area contributed by atoms with Crippen LogP contribution in [0.15, 0.2) is 28.0 Å². The van der Waals surface area contributed by atoms with Crippen molar-refractivity contribution < 1.29 is 31.3 Å². The minimum absolute atomic E-state index is 0.215. The third-order valence-corrected chi connectivity index (χ3v) is 5.18. The highest BCUT2D eigenvalue weighted by atomic mass is 32.2. The number of aliphatic hydroxyl groups excluding tert-OH is 1. The summed E-state index contributed by atoms with van der Waals surface area (Å²) in [5.74, 6) is -0.658. The van der Waals surface area contributed by atoms with E-state index in [1.54, 1.807) is 0 Å². The molecule has 8 nitrogen and oxygen atoms in total. The summed E-state index contributed by atoms with van der Waals surface area (Å²) in [6.07, 6.45) is 0.728. The minimum atomic E-state index is -4.71. The second-order valence-electron chi connectivity index (χ2n) is 4.13. The topological polar surface area (TPSA) is 130 Å². The maximum Gasteiger partial charge on any atom is 0.295 e. The van der Waals surface area contributed by atoms with Gasteiger partial charge in [-0.15, -0.1) is 0 Å². The van der Waals surface area contributed by atoms with Crippen LogP contribution in [-0.4, -0.2) is 45.5 Å². The average Bonchev–Trinajstić information content (AvgIpc) is 2.37. The van der Waals surface area contributed by atoms with Crippen LogP contribution in [0.3, 0.4) is 0 Å². The van der Waals surface area contributed by atoms with Gasteiger partial charge < -0.3 is 5.11 Å². The highest BCUT2D eigenvalue weighted by molar-refractivity contribution is 7.92. The fourth-order valence-electron chi connectivity index (χ4n) is 1.49. The van der Waals surface area contributed by atoms with Crippen molar-refractivity contribution in [2.24, 2.45) is 0 Å². The van der Waals surface area contributed by atoms with E-state index in [2.05, 4.69) is 5.48 Å². The van der Waals surface area contributed by atoms with Crippen LogP contribution in [0.5, 0.6) is 0 Å². The van der Waals surface area contributed by atoms with Gasteiger partial charge in [-0.2, -0.15) is 8.42 Å². The van der Waals surface area contributed by atoms with Gasteiger partial charge in [0.1, 0.15) is 4.90 Å². The van der Waals surface area contributed by atoms with Gasteiger partial charge in [0.05, 0.1) is 29.5 Å². The normalized spacial score (nSPS) is 12.3. The summed E-state index contributed by atoms with van der Waals surface area (Å²) in [4.78, 5) is 3.68. The second kappa shape index (κ2) is 7.18. The molecule has 3 N–H and O–H groups in total. The van der Waals surface area contributed by atoms with Crippen molar-refractivity contribution in [2.45, 2.75) is 23.1 Å². The number of rotatable bonds is 8. The average molecular weight is 339 g/mol. The third kappa shape index (κ3) is 4.93. The lowest BCUT2D eigenvalue weighted by Crippen LogP contribution is -2.15. The molecule has 0 radical (unpaired) electrons. The zero-order valence-electron chi connectivity index (χ0n) is 11.3. The van der Waals surface area contributed by atoms with Crippen molar-refractivity contribution >= 4 is 25.6 Å². The minimum Gasteiger partial charge on any atom is -0.395 e. The lowest BCUT2D eigenvalue weighted by molar-refractivity contribution is 0.194. The molecular formula is C11H17NO7S2. The molecule has 1 aromatic rings. The van der Waals surface area contributed by atoms with Crippen LogP contribution < -0.4 is 5.48 Å². The molecular weight excluding hydrogens is 322 g/mol. The summed E-state index contributed by atoms with van der Waals surface area (Å²) >= 11 is 0. The quantitative estimate of drug-likeness (QED) is 0.354. The Kier molecular flexibility index (Phi) is 6.10. The van der Waals surface area contributed by atoms with E-state index in [1.807, 2.05) is 6.92 Å². The van der Waals surface area contributed by atoms with E-state index in [1.165, 1.54) is 6.07 Å². The lowest BCUT2D eigenvalue weighted by atomic mass is 10.3. The summed E-state index contributed by atoms with van der Waals surface area (Å²) in [5.41, 5.74) is 2.69. The highest BCUT2D eigenvalue weighted by Gasteiger charge is 2.25. The molecule has 0 aromatic heterocycles. The molecule has 1 rings (SSSR count). The number of nitrogens with one attached hydrogen (secondary N) is 1. The fourth-order valence-corrected chi connectivity index (χ4v) is 3.89. The molecule has 0 aliphatic rings. The van der Waals surface area contributed by atoms with Crippen molar-refractivity contribution in [3.05, 3.63) is 18.2 Å². The molecule has 1 aromatic carbocycles. The van der Waals surface area contributed by atoms with Gasteiger partial charge >= 0.3 is 0 Å². The Morgan fingerprint density at radius 2 is 1.86 bits per heavy atom. The van der Waals surface area contributed by atoms with Crippen molar-refractivity contribution in [3.8, 4) is 0 Å². The van der Waals surface area contributed by atoms with Crippen molar-refractivity contribution in [3.63, 3.8) is 0 Å². The molecule has 0 spiro atoms. The maximum atomic E-state index is 12.0. The van der Waals surface area contributed by atoms with Crippen LogP contribution in [0.25, 0.3) is 0 Å². The van der Waals surface area contributed by atoms with Crippen molar-refractivity contribution in [2.75, 3.05) is 24.4 Å². The predicted octanol–water partition coefficient (Wildman–Crippen LogP) is 0.453. The van der Waals surface area contributed by atoms with Crippen LogP contribution >= 0.6 is 0 Å². The highest BCUT2D eigenvalue weighted by Crippen LogP contribution is 2.25. The van der Waals surface area contributed by atoms with Crippen LogP contribution in [0.1, 0.15) is 13.3 Å².